The zero-order chi connectivity index (χ0) is 19.6. The monoisotopic (exact) mass is 370 g/mol. The fraction of sp³-hybridized carbons (Fsp3) is 0.455. The molecule has 4 bridgehead atoms. The molecule has 0 N–H and O–H groups in total. The maximum absolute atomic E-state index is 12.4. The van der Waals surface area contributed by atoms with Gasteiger partial charge in [-0.1, -0.05) is 17.7 Å². The molecule has 27 heavy (non-hydrogen) atoms. The Hall–Kier alpha value is -2.56. The summed E-state index contributed by atoms with van der Waals surface area (Å²) in [6.07, 6.45) is 6.09. The molecule has 0 saturated carbocycles. The van der Waals surface area contributed by atoms with Gasteiger partial charge < -0.3 is 13.9 Å². The molecular formula is C22H26O5. The van der Waals surface area contributed by atoms with Gasteiger partial charge in [-0.2, -0.15) is 0 Å². The van der Waals surface area contributed by atoms with Gasteiger partial charge in [-0.25, -0.2) is 9.59 Å². The van der Waals surface area contributed by atoms with Crippen molar-refractivity contribution in [1.82, 2.24) is 0 Å². The van der Waals surface area contributed by atoms with Crippen molar-refractivity contribution in [3.8, 4) is 0 Å². The van der Waals surface area contributed by atoms with Crippen molar-refractivity contribution >= 4 is 18.0 Å². The Bertz CT molecular complexity index is 824. The lowest BCUT2D eigenvalue weighted by molar-refractivity contribution is -0.139. The van der Waals surface area contributed by atoms with Crippen LogP contribution in [0.15, 0.2) is 39.9 Å². The fourth-order valence-electron chi connectivity index (χ4n) is 3.57. The van der Waals surface area contributed by atoms with E-state index in [-0.39, 0.29) is 24.0 Å². The predicted octanol–water partition coefficient (Wildman–Crippen LogP) is 4.63. The van der Waals surface area contributed by atoms with Crippen molar-refractivity contribution in [3.05, 3.63) is 52.5 Å². The van der Waals surface area contributed by atoms with E-state index in [4.69, 9.17) is 13.9 Å². The number of fused-ring (bicyclic) bond motifs is 3. The molecule has 2 aliphatic rings. The van der Waals surface area contributed by atoms with Crippen LogP contribution in [0.3, 0.4) is 0 Å². The average Bonchev–Trinajstić information content (AvgIpc) is 3.14. The summed E-state index contributed by atoms with van der Waals surface area (Å²) in [5.74, 6) is 0.716. The van der Waals surface area contributed by atoms with E-state index in [1.54, 1.807) is 13.0 Å². The van der Waals surface area contributed by atoms with Crippen LogP contribution in [-0.4, -0.2) is 24.6 Å². The van der Waals surface area contributed by atoms with Gasteiger partial charge in [0.2, 0.25) is 0 Å². The molecule has 0 aliphatic carbocycles. The zero-order valence-electron chi connectivity index (χ0n) is 16.2. The van der Waals surface area contributed by atoms with Gasteiger partial charge in [-0.15, -0.1) is 0 Å². The third-order valence-corrected chi connectivity index (χ3v) is 5.03. The van der Waals surface area contributed by atoms with Gasteiger partial charge in [-0.05, 0) is 57.7 Å². The largest absolute Gasteiger partial charge is 0.462 e. The molecule has 0 aromatic carbocycles. The van der Waals surface area contributed by atoms with Gasteiger partial charge in [-0.3, -0.25) is 0 Å². The highest BCUT2D eigenvalue weighted by Crippen LogP contribution is 2.31. The maximum atomic E-state index is 12.4. The van der Waals surface area contributed by atoms with Gasteiger partial charge in [0.1, 0.15) is 23.2 Å². The van der Waals surface area contributed by atoms with Gasteiger partial charge in [0.15, 0.2) is 0 Å². The highest BCUT2D eigenvalue weighted by Gasteiger charge is 2.28. The molecule has 2 atom stereocenters. The molecule has 3 heterocycles. The maximum Gasteiger partial charge on any atom is 0.341 e. The number of ether oxygens (including phenoxy) is 2. The highest BCUT2D eigenvalue weighted by atomic mass is 16.5. The number of hydrogen-bond acceptors (Lipinski definition) is 5. The second-order valence-electron chi connectivity index (χ2n) is 7.32. The second kappa shape index (κ2) is 7.99. The number of carbonyl (C=O) groups is 2. The first-order chi connectivity index (χ1) is 12.9. The normalized spacial score (nSPS) is 24.5. The van der Waals surface area contributed by atoms with Crippen LogP contribution >= 0.6 is 0 Å². The number of hydrogen-bond donors (Lipinski definition) is 0. The van der Waals surface area contributed by atoms with E-state index < -0.39 is 0 Å². The minimum absolute atomic E-state index is 0.0933. The molecule has 0 unspecified atom stereocenters. The summed E-state index contributed by atoms with van der Waals surface area (Å²) in [5.41, 5.74) is 3.20. The molecule has 0 amide bonds. The van der Waals surface area contributed by atoms with Crippen LogP contribution < -0.4 is 0 Å². The molecule has 1 aromatic rings. The van der Waals surface area contributed by atoms with Gasteiger partial charge in [0.25, 0.3) is 0 Å². The van der Waals surface area contributed by atoms with E-state index in [1.807, 2.05) is 26.0 Å². The first kappa shape index (κ1) is 19.2. The first-order valence-corrected chi connectivity index (χ1v) is 9.41. The molecule has 0 fully saturated rings. The van der Waals surface area contributed by atoms with Crippen LogP contribution in [-0.2, 0) is 20.7 Å². The summed E-state index contributed by atoms with van der Waals surface area (Å²) in [4.78, 5) is 24.5. The van der Waals surface area contributed by atoms with Crippen molar-refractivity contribution < 1.29 is 23.5 Å². The Kier molecular flexibility index (Phi) is 5.68. The van der Waals surface area contributed by atoms with Gasteiger partial charge in [0, 0.05) is 18.4 Å². The average molecular weight is 370 g/mol. The van der Waals surface area contributed by atoms with Crippen LogP contribution in [0, 0.1) is 5.92 Å². The topological polar surface area (TPSA) is 65.7 Å². The first-order valence-electron chi connectivity index (χ1n) is 9.41. The van der Waals surface area contributed by atoms with Gasteiger partial charge >= 0.3 is 11.9 Å². The summed E-state index contributed by atoms with van der Waals surface area (Å²) >= 11 is 0. The zero-order valence-corrected chi connectivity index (χ0v) is 16.2. The SMILES string of the molecule is C=C(C)[C@H]1CCC2=C[C@@H](C/C(C)=C\c3cc(C(=O)OCC)c(o3)C1)OC2=O. The molecule has 0 radical (unpaired) electrons. The van der Waals surface area contributed by atoms with Crippen molar-refractivity contribution in [1.29, 1.82) is 0 Å². The minimum atomic E-state index is -0.373. The van der Waals surface area contributed by atoms with Crippen LogP contribution in [0.2, 0.25) is 0 Å². The molecule has 0 spiro atoms. The second-order valence-corrected chi connectivity index (χ2v) is 7.32. The Morgan fingerprint density at radius 2 is 2.15 bits per heavy atom. The molecule has 5 nitrogen and oxygen atoms in total. The lowest BCUT2D eigenvalue weighted by atomic mass is 9.89. The summed E-state index contributed by atoms with van der Waals surface area (Å²) in [5, 5.41) is 0. The van der Waals surface area contributed by atoms with E-state index in [1.165, 1.54) is 0 Å². The third kappa shape index (κ3) is 4.41. The fourth-order valence-corrected chi connectivity index (χ4v) is 3.57. The third-order valence-electron chi connectivity index (χ3n) is 5.03. The molecule has 1 aromatic heterocycles. The molecule has 3 rings (SSSR count). The van der Waals surface area contributed by atoms with Gasteiger partial charge in [0.05, 0.1) is 6.61 Å². The summed E-state index contributed by atoms with van der Waals surface area (Å²) in [6, 6.07) is 1.74. The van der Waals surface area contributed by atoms with E-state index in [9.17, 15) is 9.59 Å². The minimum Gasteiger partial charge on any atom is -0.462 e. The number of allylic oxidation sites excluding steroid dienone is 1. The van der Waals surface area contributed by atoms with E-state index in [0.717, 1.165) is 23.1 Å². The van der Waals surface area contributed by atoms with Crippen molar-refractivity contribution in [2.24, 2.45) is 5.92 Å². The summed E-state index contributed by atoms with van der Waals surface area (Å²) in [6.45, 7) is 10.1. The van der Waals surface area contributed by atoms with Crippen molar-refractivity contribution in [2.75, 3.05) is 6.61 Å². The number of carbonyl (C=O) groups excluding carboxylic acids is 2. The van der Waals surface area contributed by atoms with E-state index >= 15 is 0 Å². The molecular weight excluding hydrogens is 344 g/mol. The van der Waals surface area contributed by atoms with E-state index in [0.29, 0.717) is 43.0 Å². The van der Waals surface area contributed by atoms with Crippen molar-refractivity contribution in [2.45, 2.75) is 52.6 Å². The Morgan fingerprint density at radius 1 is 1.37 bits per heavy atom. The Labute approximate surface area is 159 Å². The summed E-state index contributed by atoms with van der Waals surface area (Å²) < 4.78 is 16.7. The Balaban J connectivity index is 1.99. The molecule has 0 saturated heterocycles. The summed E-state index contributed by atoms with van der Waals surface area (Å²) in [7, 11) is 0. The Morgan fingerprint density at radius 3 is 2.85 bits per heavy atom. The lowest BCUT2D eigenvalue weighted by Crippen LogP contribution is -2.12. The lowest BCUT2D eigenvalue weighted by Gasteiger charge is -2.16. The van der Waals surface area contributed by atoms with Crippen LogP contribution in [0.5, 0.6) is 0 Å². The quantitative estimate of drug-likeness (QED) is 0.573. The molecule has 2 aliphatic heterocycles. The molecule has 5 heteroatoms. The standard InChI is InChI=1S/C22H26O5/c1-5-25-22(24)19-12-18-9-14(4)8-17-10-16(21(23)27-17)7-6-15(13(2)3)11-20(19)26-18/h9-10,12,15,17H,2,5-8,11H2,1,3-4H3/b14-9-/t15-,17+/m0/s1. The van der Waals surface area contributed by atoms with Crippen LogP contribution in [0.4, 0.5) is 0 Å². The highest BCUT2D eigenvalue weighted by molar-refractivity contribution is 5.91. The number of furan rings is 1. The van der Waals surface area contributed by atoms with Crippen LogP contribution in [0.1, 0.15) is 61.9 Å². The van der Waals surface area contributed by atoms with Crippen LogP contribution in [0.25, 0.3) is 6.08 Å². The smallest absolute Gasteiger partial charge is 0.341 e. The number of esters is 2. The van der Waals surface area contributed by atoms with Crippen molar-refractivity contribution in [3.63, 3.8) is 0 Å². The number of rotatable bonds is 3. The van der Waals surface area contributed by atoms with E-state index in [2.05, 4.69) is 6.58 Å². The molecule has 144 valence electrons. The predicted molar refractivity (Wildman–Crippen MR) is 102 cm³/mol.